The number of rotatable bonds is 6. The van der Waals surface area contributed by atoms with Gasteiger partial charge in [0, 0.05) is 42.9 Å². The minimum absolute atomic E-state index is 0.182. The van der Waals surface area contributed by atoms with Gasteiger partial charge in [0.25, 0.3) is 0 Å². The third kappa shape index (κ3) is 4.81. The van der Waals surface area contributed by atoms with Crippen LogP contribution in [0.5, 0.6) is 0 Å². The first kappa shape index (κ1) is 19.3. The van der Waals surface area contributed by atoms with E-state index < -0.39 is 0 Å². The number of piperidine rings is 1. The van der Waals surface area contributed by atoms with E-state index in [4.69, 9.17) is 4.74 Å². The molecule has 2 aromatic heterocycles. The predicted octanol–water partition coefficient (Wildman–Crippen LogP) is 2.28. The summed E-state index contributed by atoms with van der Waals surface area (Å²) in [6.07, 6.45) is 3.68. The highest BCUT2D eigenvalue weighted by molar-refractivity contribution is 5.89. The molecule has 144 valence electrons. The number of hydrogen-bond acceptors (Lipinski definition) is 8. The smallest absolute Gasteiger partial charge is 0.223 e. The van der Waals surface area contributed by atoms with Crippen LogP contribution >= 0.6 is 0 Å². The maximum atomic E-state index is 9.21. The fourth-order valence-corrected chi connectivity index (χ4v) is 3.56. The predicted molar refractivity (Wildman–Crippen MR) is 106 cm³/mol. The molecule has 0 saturated carbocycles. The number of nitrogens with zero attached hydrogens (tertiary/aromatic N) is 4. The van der Waals surface area contributed by atoms with Crippen LogP contribution < -0.4 is 16.0 Å². The highest BCUT2D eigenvalue weighted by atomic mass is 16.5. The molecule has 1 saturated heterocycles. The Balaban J connectivity index is 1.86. The standard InChI is InChI=1S/C19H27N7O/c1-11(2)22-18-17-13(6-15(8-20)24-18)9-21-19(26-17)25-14-5-12(3)23-16(7-14)10-27-4/h6,9,11-12,14,16,23H,5,7,10H2,1-4H3,(H,22,24)(H,21,25,26)/t12-,14+,16-/m0/s1. The summed E-state index contributed by atoms with van der Waals surface area (Å²) in [5, 5.41) is 20.3. The highest BCUT2D eigenvalue weighted by Gasteiger charge is 2.26. The number of fused-ring (bicyclic) bond motifs is 1. The fourth-order valence-electron chi connectivity index (χ4n) is 3.56. The number of aromatic nitrogens is 3. The van der Waals surface area contributed by atoms with E-state index in [1.54, 1.807) is 19.4 Å². The Bertz CT molecular complexity index is 833. The average Bonchev–Trinajstić information content (AvgIpc) is 2.61. The Morgan fingerprint density at radius 2 is 2.19 bits per heavy atom. The second-order valence-electron chi connectivity index (χ2n) is 7.43. The van der Waals surface area contributed by atoms with Crippen molar-refractivity contribution >= 4 is 22.7 Å². The molecule has 8 nitrogen and oxygen atoms in total. The van der Waals surface area contributed by atoms with Crippen molar-refractivity contribution in [2.24, 2.45) is 0 Å². The number of anilines is 2. The van der Waals surface area contributed by atoms with Gasteiger partial charge >= 0.3 is 0 Å². The third-order valence-corrected chi connectivity index (χ3v) is 4.53. The molecule has 0 unspecified atom stereocenters. The van der Waals surface area contributed by atoms with Crippen molar-refractivity contribution in [3.05, 3.63) is 18.0 Å². The molecule has 1 fully saturated rings. The van der Waals surface area contributed by atoms with E-state index >= 15 is 0 Å². The molecule has 2 aromatic rings. The summed E-state index contributed by atoms with van der Waals surface area (Å²) in [5.74, 6) is 1.19. The van der Waals surface area contributed by atoms with Crippen molar-refractivity contribution in [3.63, 3.8) is 0 Å². The Labute approximate surface area is 159 Å². The Morgan fingerprint density at radius 1 is 1.37 bits per heavy atom. The van der Waals surface area contributed by atoms with Crippen LogP contribution in [0.3, 0.4) is 0 Å². The molecule has 0 amide bonds. The largest absolute Gasteiger partial charge is 0.383 e. The summed E-state index contributed by atoms with van der Waals surface area (Å²) in [7, 11) is 1.72. The molecule has 3 heterocycles. The minimum atomic E-state index is 0.182. The van der Waals surface area contributed by atoms with E-state index in [1.807, 2.05) is 13.8 Å². The summed E-state index contributed by atoms with van der Waals surface area (Å²) >= 11 is 0. The van der Waals surface area contributed by atoms with Crippen molar-refractivity contribution in [2.75, 3.05) is 24.4 Å². The van der Waals surface area contributed by atoms with E-state index in [-0.39, 0.29) is 12.1 Å². The summed E-state index contributed by atoms with van der Waals surface area (Å²) in [6.45, 7) is 6.92. The van der Waals surface area contributed by atoms with Crippen molar-refractivity contribution in [2.45, 2.75) is 57.8 Å². The molecule has 0 bridgehead atoms. The SMILES string of the molecule is COC[C@@H]1C[C@H](Nc2ncc3cc(C#N)nc(NC(C)C)c3n2)C[C@H](C)N1. The Hall–Kier alpha value is -2.50. The molecule has 3 rings (SSSR count). The number of methoxy groups -OCH3 is 1. The summed E-state index contributed by atoms with van der Waals surface area (Å²) in [4.78, 5) is 13.5. The second kappa shape index (κ2) is 8.46. The fraction of sp³-hybridized carbons (Fsp3) is 0.579. The zero-order chi connectivity index (χ0) is 19.4. The molecule has 8 heteroatoms. The van der Waals surface area contributed by atoms with Gasteiger partial charge in [0.15, 0.2) is 5.82 Å². The Kier molecular flexibility index (Phi) is 6.04. The van der Waals surface area contributed by atoms with Gasteiger partial charge in [0.1, 0.15) is 17.3 Å². The molecule has 0 spiro atoms. The molecule has 1 aliphatic heterocycles. The van der Waals surface area contributed by atoms with Gasteiger partial charge in [0.2, 0.25) is 5.95 Å². The lowest BCUT2D eigenvalue weighted by molar-refractivity contribution is 0.140. The van der Waals surface area contributed by atoms with E-state index in [2.05, 4.69) is 43.9 Å². The van der Waals surface area contributed by atoms with Gasteiger partial charge in [-0.1, -0.05) is 0 Å². The highest BCUT2D eigenvalue weighted by Crippen LogP contribution is 2.23. The van der Waals surface area contributed by atoms with Gasteiger partial charge in [-0.15, -0.1) is 0 Å². The van der Waals surface area contributed by atoms with Gasteiger partial charge in [-0.25, -0.2) is 15.0 Å². The third-order valence-electron chi connectivity index (χ3n) is 4.53. The lowest BCUT2D eigenvalue weighted by Gasteiger charge is -2.34. The molecular formula is C19H27N7O. The maximum Gasteiger partial charge on any atom is 0.223 e. The first-order valence-corrected chi connectivity index (χ1v) is 9.34. The van der Waals surface area contributed by atoms with Crippen molar-refractivity contribution in [1.82, 2.24) is 20.3 Å². The molecule has 27 heavy (non-hydrogen) atoms. The summed E-state index contributed by atoms with van der Waals surface area (Å²) in [5.41, 5.74) is 1.07. The molecule has 0 aliphatic carbocycles. The molecule has 0 radical (unpaired) electrons. The number of pyridine rings is 1. The van der Waals surface area contributed by atoms with Crippen molar-refractivity contribution in [1.29, 1.82) is 5.26 Å². The summed E-state index contributed by atoms with van der Waals surface area (Å²) in [6, 6.07) is 4.97. The van der Waals surface area contributed by atoms with E-state index in [1.165, 1.54) is 0 Å². The molecule has 3 N–H and O–H groups in total. The topological polar surface area (TPSA) is 108 Å². The van der Waals surface area contributed by atoms with Gasteiger partial charge < -0.3 is 20.7 Å². The normalized spacial score (nSPS) is 22.6. The van der Waals surface area contributed by atoms with Crippen LogP contribution in [0, 0.1) is 11.3 Å². The van der Waals surface area contributed by atoms with Gasteiger partial charge in [-0.3, -0.25) is 0 Å². The number of nitriles is 1. The van der Waals surface area contributed by atoms with Crippen LogP contribution in [-0.2, 0) is 4.74 Å². The van der Waals surface area contributed by atoms with Gasteiger partial charge in [-0.05, 0) is 39.7 Å². The van der Waals surface area contributed by atoms with Crippen LogP contribution in [0.2, 0.25) is 0 Å². The van der Waals surface area contributed by atoms with Crippen LogP contribution in [0.1, 0.15) is 39.3 Å². The number of ether oxygens (including phenoxy) is 1. The van der Waals surface area contributed by atoms with Crippen LogP contribution in [0.25, 0.3) is 10.9 Å². The first-order chi connectivity index (χ1) is 13.0. The number of hydrogen-bond donors (Lipinski definition) is 3. The molecular weight excluding hydrogens is 342 g/mol. The first-order valence-electron chi connectivity index (χ1n) is 9.34. The maximum absolute atomic E-state index is 9.21. The molecule has 3 atom stereocenters. The van der Waals surface area contributed by atoms with Crippen molar-refractivity contribution in [3.8, 4) is 6.07 Å². The van der Waals surface area contributed by atoms with E-state index in [0.29, 0.717) is 36.2 Å². The van der Waals surface area contributed by atoms with E-state index in [0.717, 1.165) is 23.7 Å². The van der Waals surface area contributed by atoms with Crippen LogP contribution in [0.4, 0.5) is 11.8 Å². The quantitative estimate of drug-likeness (QED) is 0.712. The van der Waals surface area contributed by atoms with E-state index in [9.17, 15) is 5.26 Å². The monoisotopic (exact) mass is 369 g/mol. The zero-order valence-corrected chi connectivity index (χ0v) is 16.3. The lowest BCUT2D eigenvalue weighted by atomic mass is 9.95. The molecule has 0 aromatic carbocycles. The number of nitrogens with one attached hydrogen (secondary N) is 3. The zero-order valence-electron chi connectivity index (χ0n) is 16.3. The van der Waals surface area contributed by atoms with Gasteiger partial charge in [-0.2, -0.15) is 5.26 Å². The van der Waals surface area contributed by atoms with Crippen LogP contribution in [-0.4, -0.2) is 52.8 Å². The summed E-state index contributed by atoms with van der Waals surface area (Å²) < 4.78 is 5.30. The second-order valence-corrected chi connectivity index (χ2v) is 7.43. The Morgan fingerprint density at radius 3 is 2.89 bits per heavy atom. The van der Waals surface area contributed by atoms with Crippen molar-refractivity contribution < 1.29 is 4.74 Å². The lowest BCUT2D eigenvalue weighted by Crippen LogP contribution is -2.50. The molecule has 1 aliphatic rings. The van der Waals surface area contributed by atoms with Gasteiger partial charge in [0.05, 0.1) is 6.61 Å². The van der Waals surface area contributed by atoms with Crippen LogP contribution in [0.15, 0.2) is 12.3 Å². The minimum Gasteiger partial charge on any atom is -0.383 e. The average molecular weight is 369 g/mol.